The van der Waals surface area contributed by atoms with E-state index in [-0.39, 0.29) is 30.4 Å². The van der Waals surface area contributed by atoms with Crippen LogP contribution in [0.4, 0.5) is 4.79 Å². The van der Waals surface area contributed by atoms with E-state index in [1.54, 1.807) is 11.8 Å². The Bertz CT molecular complexity index is 362. The Morgan fingerprint density at radius 1 is 1.61 bits per heavy atom. The van der Waals surface area contributed by atoms with Crippen LogP contribution in [0, 0.1) is 5.92 Å². The topological polar surface area (TPSA) is 46.6 Å². The van der Waals surface area contributed by atoms with Gasteiger partial charge in [-0.15, -0.1) is 0 Å². The largest absolute Gasteiger partial charge is 0.445 e. The molecular weight excluding hydrogens is 230 g/mol. The van der Waals surface area contributed by atoms with Crippen LogP contribution in [0.2, 0.25) is 0 Å². The van der Waals surface area contributed by atoms with Crippen molar-refractivity contribution in [2.75, 3.05) is 13.2 Å². The van der Waals surface area contributed by atoms with E-state index in [4.69, 9.17) is 4.74 Å². The van der Waals surface area contributed by atoms with Gasteiger partial charge in [-0.25, -0.2) is 4.79 Å². The second-order valence-electron chi connectivity index (χ2n) is 4.85. The molecule has 1 unspecified atom stereocenters. The molecule has 0 bridgehead atoms. The first-order chi connectivity index (χ1) is 8.45. The van der Waals surface area contributed by atoms with Crippen molar-refractivity contribution in [1.82, 2.24) is 4.90 Å². The Morgan fingerprint density at radius 3 is 2.83 bits per heavy atom. The van der Waals surface area contributed by atoms with E-state index in [1.165, 1.54) is 6.08 Å². The van der Waals surface area contributed by atoms with Crippen LogP contribution in [-0.4, -0.2) is 36.0 Å². The Labute approximate surface area is 108 Å². The molecule has 100 valence electrons. The molecule has 4 heteroatoms. The number of likely N-dealkylation sites (tertiary alicyclic amines) is 1. The van der Waals surface area contributed by atoms with Gasteiger partial charge in [0.05, 0.1) is 0 Å². The van der Waals surface area contributed by atoms with Crippen molar-refractivity contribution in [2.24, 2.45) is 5.92 Å². The highest BCUT2D eigenvalue weighted by Gasteiger charge is 2.33. The van der Waals surface area contributed by atoms with Gasteiger partial charge in [0.15, 0.2) is 0 Å². The third-order valence-electron chi connectivity index (χ3n) is 3.24. The minimum Gasteiger partial charge on any atom is -0.445 e. The molecule has 1 rings (SSSR count). The molecule has 1 fully saturated rings. The molecule has 0 spiro atoms. The molecule has 0 N–H and O–H groups in total. The minimum atomic E-state index is -0.352. The first-order valence-electron chi connectivity index (χ1n) is 6.17. The standard InChI is InChI=1S/C14H21NO3/c1-5-6-18-14(17)15-9-10(2)7-13(15)8-11(3)12(4)16/h5,11,13H,1-2,6-9H2,3-4H3/t11?,13-/m1/s1. The summed E-state index contributed by atoms with van der Waals surface area (Å²) in [6.07, 6.45) is 2.60. The van der Waals surface area contributed by atoms with Gasteiger partial charge in [0.1, 0.15) is 12.4 Å². The molecule has 0 aliphatic carbocycles. The van der Waals surface area contributed by atoms with Gasteiger partial charge in [0, 0.05) is 18.5 Å². The van der Waals surface area contributed by atoms with E-state index in [9.17, 15) is 9.59 Å². The van der Waals surface area contributed by atoms with Crippen molar-refractivity contribution in [2.45, 2.75) is 32.7 Å². The van der Waals surface area contributed by atoms with Crippen molar-refractivity contribution < 1.29 is 14.3 Å². The summed E-state index contributed by atoms with van der Waals surface area (Å²) in [6.45, 7) is 11.6. The van der Waals surface area contributed by atoms with Gasteiger partial charge in [-0.05, 0) is 19.8 Å². The van der Waals surface area contributed by atoms with Gasteiger partial charge in [-0.3, -0.25) is 4.79 Å². The summed E-state index contributed by atoms with van der Waals surface area (Å²) in [5, 5.41) is 0. The summed E-state index contributed by atoms with van der Waals surface area (Å²) in [7, 11) is 0. The summed E-state index contributed by atoms with van der Waals surface area (Å²) in [5.41, 5.74) is 1.01. The molecule has 1 saturated heterocycles. The smallest absolute Gasteiger partial charge is 0.410 e. The Kier molecular flexibility index (Phi) is 5.13. The lowest BCUT2D eigenvalue weighted by Gasteiger charge is -2.25. The zero-order chi connectivity index (χ0) is 13.7. The predicted octanol–water partition coefficient (Wildman–Crippen LogP) is 2.55. The second-order valence-corrected chi connectivity index (χ2v) is 4.85. The molecular formula is C14H21NO3. The summed E-state index contributed by atoms with van der Waals surface area (Å²) in [5.74, 6) is 0.0996. The molecule has 4 nitrogen and oxygen atoms in total. The number of hydrogen-bond acceptors (Lipinski definition) is 3. The maximum Gasteiger partial charge on any atom is 0.410 e. The quantitative estimate of drug-likeness (QED) is 0.705. The highest BCUT2D eigenvalue weighted by atomic mass is 16.6. The number of carbonyl (C=O) groups excluding carboxylic acids is 2. The van der Waals surface area contributed by atoms with Crippen LogP contribution in [0.3, 0.4) is 0 Å². The molecule has 0 aromatic heterocycles. The molecule has 18 heavy (non-hydrogen) atoms. The lowest BCUT2D eigenvalue weighted by molar-refractivity contribution is -0.120. The highest BCUT2D eigenvalue weighted by Crippen LogP contribution is 2.27. The Balaban J connectivity index is 2.63. The van der Waals surface area contributed by atoms with Crippen LogP contribution >= 0.6 is 0 Å². The fourth-order valence-corrected chi connectivity index (χ4v) is 2.09. The molecule has 1 aliphatic heterocycles. The number of hydrogen-bond donors (Lipinski definition) is 0. The molecule has 2 atom stereocenters. The van der Waals surface area contributed by atoms with Gasteiger partial charge in [-0.1, -0.05) is 31.7 Å². The normalized spacial score (nSPS) is 20.7. The summed E-state index contributed by atoms with van der Waals surface area (Å²) >= 11 is 0. The molecule has 1 amide bonds. The summed E-state index contributed by atoms with van der Waals surface area (Å²) in [4.78, 5) is 24.8. The average molecular weight is 251 g/mol. The molecule has 0 saturated carbocycles. The summed E-state index contributed by atoms with van der Waals surface area (Å²) < 4.78 is 5.04. The fourth-order valence-electron chi connectivity index (χ4n) is 2.09. The van der Waals surface area contributed by atoms with E-state index in [0.29, 0.717) is 13.0 Å². The zero-order valence-electron chi connectivity index (χ0n) is 11.1. The van der Waals surface area contributed by atoms with E-state index in [0.717, 1.165) is 12.0 Å². The third kappa shape index (κ3) is 3.72. The SMILES string of the molecule is C=CCOC(=O)N1CC(=C)C[C@@H]1CC(C)C(C)=O. The average Bonchev–Trinajstić information content (AvgIpc) is 2.67. The van der Waals surface area contributed by atoms with Crippen LogP contribution in [0.15, 0.2) is 24.8 Å². The molecule has 0 radical (unpaired) electrons. The van der Waals surface area contributed by atoms with Crippen LogP contribution in [-0.2, 0) is 9.53 Å². The maximum absolute atomic E-state index is 11.8. The van der Waals surface area contributed by atoms with Crippen molar-refractivity contribution in [3.05, 3.63) is 24.8 Å². The maximum atomic E-state index is 11.8. The zero-order valence-corrected chi connectivity index (χ0v) is 11.1. The highest BCUT2D eigenvalue weighted by molar-refractivity contribution is 5.78. The number of nitrogens with zero attached hydrogens (tertiary/aromatic N) is 1. The number of rotatable bonds is 5. The van der Waals surface area contributed by atoms with E-state index in [2.05, 4.69) is 13.2 Å². The number of ether oxygens (including phenoxy) is 1. The molecule has 0 aromatic carbocycles. The van der Waals surface area contributed by atoms with Crippen LogP contribution in [0.1, 0.15) is 26.7 Å². The first-order valence-corrected chi connectivity index (χ1v) is 6.17. The number of amides is 1. The number of Topliss-reactive ketones (excluding diaryl/α,β-unsaturated/α-hetero) is 1. The van der Waals surface area contributed by atoms with E-state index >= 15 is 0 Å². The first kappa shape index (κ1) is 14.5. The van der Waals surface area contributed by atoms with Gasteiger partial charge < -0.3 is 9.64 Å². The van der Waals surface area contributed by atoms with E-state index < -0.39 is 0 Å². The van der Waals surface area contributed by atoms with Crippen molar-refractivity contribution >= 4 is 11.9 Å². The molecule has 1 heterocycles. The van der Waals surface area contributed by atoms with Gasteiger partial charge in [0.2, 0.25) is 0 Å². The van der Waals surface area contributed by atoms with Gasteiger partial charge in [0.25, 0.3) is 0 Å². The molecule has 0 aromatic rings. The van der Waals surface area contributed by atoms with Crippen LogP contribution < -0.4 is 0 Å². The minimum absolute atomic E-state index is 0.0220. The molecule has 1 aliphatic rings. The fraction of sp³-hybridized carbons (Fsp3) is 0.571. The third-order valence-corrected chi connectivity index (χ3v) is 3.24. The van der Waals surface area contributed by atoms with Crippen molar-refractivity contribution in [3.8, 4) is 0 Å². The van der Waals surface area contributed by atoms with Crippen molar-refractivity contribution in [1.29, 1.82) is 0 Å². The lowest BCUT2D eigenvalue weighted by atomic mass is 9.96. The lowest BCUT2D eigenvalue weighted by Crippen LogP contribution is -2.37. The monoisotopic (exact) mass is 251 g/mol. The van der Waals surface area contributed by atoms with Gasteiger partial charge in [-0.2, -0.15) is 0 Å². The Morgan fingerprint density at radius 2 is 2.28 bits per heavy atom. The number of ketones is 1. The van der Waals surface area contributed by atoms with Gasteiger partial charge >= 0.3 is 6.09 Å². The second kappa shape index (κ2) is 6.38. The Hall–Kier alpha value is -1.58. The van der Waals surface area contributed by atoms with Crippen LogP contribution in [0.5, 0.6) is 0 Å². The van der Waals surface area contributed by atoms with Crippen LogP contribution in [0.25, 0.3) is 0 Å². The number of carbonyl (C=O) groups is 2. The predicted molar refractivity (Wildman–Crippen MR) is 70.3 cm³/mol. The van der Waals surface area contributed by atoms with E-state index in [1.807, 2.05) is 6.92 Å². The summed E-state index contributed by atoms with van der Waals surface area (Å²) in [6, 6.07) is 0.0220. The van der Waals surface area contributed by atoms with Crippen molar-refractivity contribution in [3.63, 3.8) is 0 Å².